The quantitative estimate of drug-likeness (QED) is 0.703. The summed E-state index contributed by atoms with van der Waals surface area (Å²) < 4.78 is 24.3. The van der Waals surface area contributed by atoms with Crippen molar-refractivity contribution in [2.45, 2.75) is 26.4 Å². The molecule has 1 aromatic heterocycles. The van der Waals surface area contributed by atoms with Gasteiger partial charge < -0.3 is 11.1 Å². The molecular weight excluding hydrogens is 256 g/mol. The summed E-state index contributed by atoms with van der Waals surface area (Å²) in [6.07, 6.45) is 3.14. The van der Waals surface area contributed by atoms with Crippen molar-refractivity contribution in [2.75, 3.05) is 16.8 Å². The number of carbonyl (C=O) groups is 1. The van der Waals surface area contributed by atoms with Gasteiger partial charge in [0, 0.05) is 18.0 Å². The molecule has 0 bridgehead atoms. The van der Waals surface area contributed by atoms with E-state index in [1.54, 1.807) is 20.0 Å². The Morgan fingerprint density at radius 2 is 2.28 bits per heavy atom. The van der Waals surface area contributed by atoms with E-state index < -0.39 is 15.7 Å². The summed E-state index contributed by atoms with van der Waals surface area (Å²) in [7, 11) is -3.01. The second-order valence-corrected chi connectivity index (χ2v) is 6.54. The maximum absolute atomic E-state index is 11.4. The van der Waals surface area contributed by atoms with Crippen LogP contribution in [0.15, 0.2) is 12.4 Å². The number of hydrogen-bond donors (Lipinski definition) is 2. The van der Waals surface area contributed by atoms with Crippen molar-refractivity contribution >= 4 is 21.4 Å². The molecule has 3 N–H and O–H groups in total. The SMILES string of the molecule is CCS(=O)(=O)CC(C)Nc1cnn(CC(N)=O)c1. The van der Waals surface area contributed by atoms with Gasteiger partial charge in [0.05, 0.1) is 17.6 Å². The molecule has 102 valence electrons. The van der Waals surface area contributed by atoms with Crippen LogP contribution in [0.1, 0.15) is 13.8 Å². The van der Waals surface area contributed by atoms with Crippen LogP contribution in [0.3, 0.4) is 0 Å². The molecule has 0 saturated carbocycles. The van der Waals surface area contributed by atoms with E-state index in [-0.39, 0.29) is 24.1 Å². The number of amides is 1. The molecule has 0 radical (unpaired) electrons. The Labute approximate surface area is 106 Å². The number of nitrogens with one attached hydrogen (secondary N) is 1. The van der Waals surface area contributed by atoms with Crippen LogP contribution >= 0.6 is 0 Å². The summed E-state index contributed by atoms with van der Waals surface area (Å²) in [5.41, 5.74) is 5.70. The summed E-state index contributed by atoms with van der Waals surface area (Å²) in [5.74, 6) is -0.295. The Morgan fingerprint density at radius 3 is 2.83 bits per heavy atom. The minimum atomic E-state index is -3.01. The Balaban J connectivity index is 2.57. The lowest BCUT2D eigenvalue weighted by Crippen LogP contribution is -2.26. The Bertz CT molecular complexity index is 509. The lowest BCUT2D eigenvalue weighted by atomic mass is 10.4. The van der Waals surface area contributed by atoms with Crippen LogP contribution < -0.4 is 11.1 Å². The molecule has 0 aliphatic carbocycles. The number of anilines is 1. The number of nitrogens with two attached hydrogens (primary N) is 1. The summed E-state index contributed by atoms with van der Waals surface area (Å²) in [6.45, 7) is 3.40. The number of hydrogen-bond acceptors (Lipinski definition) is 5. The standard InChI is InChI=1S/C10H18N4O3S/c1-3-18(16,17)7-8(2)13-9-4-12-14(5-9)6-10(11)15/h4-5,8,13H,3,6-7H2,1-2H3,(H2,11,15). The molecule has 7 nitrogen and oxygen atoms in total. The Kier molecular flexibility index (Phi) is 4.71. The smallest absolute Gasteiger partial charge is 0.239 e. The number of sulfone groups is 1. The molecule has 1 rings (SSSR count). The zero-order valence-electron chi connectivity index (χ0n) is 10.5. The summed E-state index contributed by atoms with van der Waals surface area (Å²) in [6, 6.07) is -0.221. The molecular formula is C10H18N4O3S. The van der Waals surface area contributed by atoms with E-state index in [1.165, 1.54) is 10.9 Å². The van der Waals surface area contributed by atoms with Gasteiger partial charge in [-0.2, -0.15) is 5.10 Å². The normalized spacial score (nSPS) is 13.2. The van der Waals surface area contributed by atoms with Gasteiger partial charge in [-0.15, -0.1) is 0 Å². The fourth-order valence-electron chi connectivity index (χ4n) is 1.51. The van der Waals surface area contributed by atoms with E-state index in [0.29, 0.717) is 5.69 Å². The van der Waals surface area contributed by atoms with Gasteiger partial charge >= 0.3 is 0 Å². The second kappa shape index (κ2) is 5.85. The van der Waals surface area contributed by atoms with Crippen LogP contribution in [-0.2, 0) is 21.2 Å². The molecule has 0 aliphatic heterocycles. The van der Waals surface area contributed by atoms with E-state index in [9.17, 15) is 13.2 Å². The summed E-state index contributed by atoms with van der Waals surface area (Å²) >= 11 is 0. The number of primary amides is 1. The van der Waals surface area contributed by atoms with E-state index >= 15 is 0 Å². The topological polar surface area (TPSA) is 107 Å². The molecule has 0 fully saturated rings. The number of carbonyl (C=O) groups excluding carboxylic acids is 1. The minimum Gasteiger partial charge on any atom is -0.379 e. The first-order valence-corrected chi connectivity index (χ1v) is 7.42. The van der Waals surface area contributed by atoms with Crippen LogP contribution in [0, 0.1) is 0 Å². The van der Waals surface area contributed by atoms with Crippen LogP contribution in [0.25, 0.3) is 0 Å². The lowest BCUT2D eigenvalue weighted by Gasteiger charge is -2.12. The molecule has 0 aromatic carbocycles. The van der Waals surface area contributed by atoms with Crippen LogP contribution in [-0.4, -0.2) is 41.7 Å². The van der Waals surface area contributed by atoms with Crippen molar-refractivity contribution in [1.82, 2.24) is 9.78 Å². The minimum absolute atomic E-state index is 0.00329. The molecule has 0 spiro atoms. The molecule has 1 amide bonds. The third kappa shape index (κ3) is 4.74. The van der Waals surface area contributed by atoms with Gasteiger partial charge in [-0.05, 0) is 6.92 Å². The zero-order valence-corrected chi connectivity index (χ0v) is 11.3. The monoisotopic (exact) mass is 274 g/mol. The Hall–Kier alpha value is -1.57. The van der Waals surface area contributed by atoms with E-state index in [1.807, 2.05) is 0 Å². The first-order chi connectivity index (χ1) is 8.32. The van der Waals surface area contributed by atoms with Gasteiger partial charge in [0.15, 0.2) is 9.84 Å². The van der Waals surface area contributed by atoms with Gasteiger partial charge in [0.2, 0.25) is 5.91 Å². The molecule has 1 heterocycles. The summed E-state index contributed by atoms with van der Waals surface area (Å²) in [4.78, 5) is 10.7. The third-order valence-corrected chi connectivity index (χ3v) is 4.20. The van der Waals surface area contributed by atoms with E-state index in [2.05, 4.69) is 10.4 Å². The van der Waals surface area contributed by atoms with Crippen molar-refractivity contribution in [3.8, 4) is 0 Å². The van der Waals surface area contributed by atoms with Gasteiger partial charge in [-0.25, -0.2) is 8.42 Å². The number of rotatable bonds is 7. The van der Waals surface area contributed by atoms with Crippen molar-refractivity contribution in [3.63, 3.8) is 0 Å². The highest BCUT2D eigenvalue weighted by Gasteiger charge is 2.14. The van der Waals surface area contributed by atoms with Crippen molar-refractivity contribution < 1.29 is 13.2 Å². The highest BCUT2D eigenvalue weighted by molar-refractivity contribution is 7.91. The molecule has 8 heteroatoms. The van der Waals surface area contributed by atoms with Crippen LogP contribution in [0.4, 0.5) is 5.69 Å². The van der Waals surface area contributed by atoms with E-state index in [0.717, 1.165) is 0 Å². The predicted octanol–water partition coefficient (Wildman–Crippen LogP) is -0.396. The molecule has 18 heavy (non-hydrogen) atoms. The highest BCUT2D eigenvalue weighted by Crippen LogP contribution is 2.08. The zero-order chi connectivity index (χ0) is 13.8. The molecule has 0 aliphatic rings. The fourth-order valence-corrected chi connectivity index (χ4v) is 2.59. The van der Waals surface area contributed by atoms with Gasteiger partial charge in [0.25, 0.3) is 0 Å². The molecule has 1 atom stereocenters. The fraction of sp³-hybridized carbons (Fsp3) is 0.600. The van der Waals surface area contributed by atoms with Gasteiger partial charge in [-0.1, -0.05) is 6.92 Å². The van der Waals surface area contributed by atoms with Gasteiger partial charge in [0.1, 0.15) is 6.54 Å². The first-order valence-electron chi connectivity index (χ1n) is 5.60. The molecule has 1 aromatic rings. The lowest BCUT2D eigenvalue weighted by molar-refractivity contribution is -0.118. The molecule has 0 saturated heterocycles. The number of aromatic nitrogens is 2. The maximum Gasteiger partial charge on any atom is 0.239 e. The van der Waals surface area contributed by atoms with Gasteiger partial charge in [-0.3, -0.25) is 9.48 Å². The van der Waals surface area contributed by atoms with Crippen LogP contribution in [0.5, 0.6) is 0 Å². The molecule has 1 unspecified atom stereocenters. The Morgan fingerprint density at radius 1 is 1.61 bits per heavy atom. The average Bonchev–Trinajstić information content (AvgIpc) is 2.63. The first kappa shape index (κ1) is 14.5. The second-order valence-electron chi connectivity index (χ2n) is 4.14. The highest BCUT2D eigenvalue weighted by atomic mass is 32.2. The number of nitrogens with zero attached hydrogens (tertiary/aromatic N) is 2. The maximum atomic E-state index is 11.4. The van der Waals surface area contributed by atoms with Crippen molar-refractivity contribution in [1.29, 1.82) is 0 Å². The van der Waals surface area contributed by atoms with E-state index in [4.69, 9.17) is 5.73 Å². The van der Waals surface area contributed by atoms with Crippen LogP contribution in [0.2, 0.25) is 0 Å². The van der Waals surface area contributed by atoms with Crippen molar-refractivity contribution in [2.24, 2.45) is 5.73 Å². The summed E-state index contributed by atoms with van der Waals surface area (Å²) in [5, 5.41) is 6.94. The van der Waals surface area contributed by atoms with Crippen molar-refractivity contribution in [3.05, 3.63) is 12.4 Å². The third-order valence-electron chi connectivity index (χ3n) is 2.31. The average molecular weight is 274 g/mol. The largest absolute Gasteiger partial charge is 0.379 e. The predicted molar refractivity (Wildman–Crippen MR) is 68.8 cm³/mol.